The molecule has 1 saturated heterocycles. The van der Waals surface area contributed by atoms with Crippen molar-refractivity contribution in [3.8, 4) is 22.9 Å². The molecule has 1 amide bonds. The summed E-state index contributed by atoms with van der Waals surface area (Å²) >= 11 is 0. The second kappa shape index (κ2) is 9.28. The zero-order valence-electron chi connectivity index (χ0n) is 23.6. The number of carbonyl (C=O) groups excluding carboxylic acids is 1. The van der Waals surface area contributed by atoms with Crippen LogP contribution in [-0.4, -0.2) is 45.5 Å². The summed E-state index contributed by atoms with van der Waals surface area (Å²) in [7, 11) is 0. The van der Waals surface area contributed by atoms with Crippen molar-refractivity contribution in [1.29, 1.82) is 5.26 Å². The molecule has 4 aromatic rings. The van der Waals surface area contributed by atoms with Crippen LogP contribution >= 0.6 is 0 Å². The minimum absolute atomic E-state index is 0.0518. The molecular weight excluding hydrogens is 554 g/mol. The average molecular weight is 583 g/mol. The molecule has 0 unspecified atom stereocenters. The number of carbonyl (C=O) groups is 1. The van der Waals surface area contributed by atoms with E-state index in [1.807, 2.05) is 10.7 Å². The lowest BCUT2D eigenvalue weighted by Crippen LogP contribution is -2.61. The Kier molecular flexibility index (Phi) is 5.66. The van der Waals surface area contributed by atoms with E-state index in [9.17, 15) is 18.8 Å². The molecule has 43 heavy (non-hydrogen) atoms. The number of aromatic nitrogens is 4. The smallest absolute Gasteiger partial charge is 0.265 e. The van der Waals surface area contributed by atoms with Crippen molar-refractivity contribution >= 4 is 22.6 Å². The molecule has 0 spiro atoms. The number of halogens is 2. The van der Waals surface area contributed by atoms with Gasteiger partial charge in [0.1, 0.15) is 23.5 Å². The number of nitrogens with zero attached hydrogens (tertiary/aromatic N) is 6. The first kappa shape index (κ1) is 26.2. The number of amides is 1. The van der Waals surface area contributed by atoms with E-state index in [-0.39, 0.29) is 30.2 Å². The van der Waals surface area contributed by atoms with Crippen LogP contribution in [0.5, 0.6) is 5.75 Å². The highest BCUT2D eigenvalue weighted by molar-refractivity contribution is 6.00. The monoisotopic (exact) mass is 582 g/mol. The van der Waals surface area contributed by atoms with Crippen molar-refractivity contribution in [2.24, 2.45) is 16.7 Å². The van der Waals surface area contributed by atoms with Crippen molar-refractivity contribution in [2.45, 2.75) is 45.7 Å². The molecule has 2 bridgehead atoms. The molecule has 3 aromatic heterocycles. The van der Waals surface area contributed by atoms with Gasteiger partial charge in [-0.2, -0.15) is 10.4 Å². The van der Waals surface area contributed by atoms with Crippen LogP contribution in [0.2, 0.25) is 0 Å². The third-order valence-electron chi connectivity index (χ3n) is 9.44. The van der Waals surface area contributed by atoms with Crippen LogP contribution in [0.25, 0.3) is 22.2 Å². The number of pyridine rings is 2. The molecule has 0 N–H and O–H groups in total. The van der Waals surface area contributed by atoms with E-state index in [1.54, 1.807) is 18.3 Å². The molecule has 1 aromatic carbocycles. The number of ether oxygens (including phenoxy) is 2. The van der Waals surface area contributed by atoms with E-state index >= 15 is 0 Å². The maximum Gasteiger partial charge on any atom is 0.265 e. The first-order valence-corrected chi connectivity index (χ1v) is 14.5. The second-order valence-corrected chi connectivity index (χ2v) is 12.9. The quantitative estimate of drug-likeness (QED) is 0.304. The first-order chi connectivity index (χ1) is 20.7. The molecule has 0 atom stereocenters. The summed E-state index contributed by atoms with van der Waals surface area (Å²) in [6, 6.07) is 8.51. The summed E-state index contributed by atoms with van der Waals surface area (Å²) in [6.45, 7) is 3.99. The van der Waals surface area contributed by atoms with Crippen LogP contribution < -0.4 is 9.64 Å². The maximum absolute atomic E-state index is 14.4. The van der Waals surface area contributed by atoms with Gasteiger partial charge in [0.05, 0.1) is 54.8 Å². The standard InChI is InChI=1S/C32H28F2N6O3/c1-31-14-32(15-31,16-31)17-40-30-22(9-37-40)29(21(7-35)24(38-30)4-18-11-42-12-18)19-2-3-26-27(5-19)43-13-28(41)39(26)10-25-23(34)6-20(33)8-36-25/h2-3,5-6,8-9,18H,4,10-17H2,1H3. The maximum atomic E-state index is 14.4. The van der Waals surface area contributed by atoms with Crippen LogP contribution in [0.1, 0.15) is 43.1 Å². The molecule has 9 nitrogen and oxygen atoms in total. The predicted octanol–water partition coefficient (Wildman–Crippen LogP) is 4.95. The van der Waals surface area contributed by atoms with Gasteiger partial charge in [0.15, 0.2) is 12.3 Å². The molecular formula is C32H28F2N6O3. The van der Waals surface area contributed by atoms with Crippen molar-refractivity contribution in [1.82, 2.24) is 19.7 Å². The third kappa shape index (κ3) is 4.19. The fourth-order valence-electron chi connectivity index (χ4n) is 7.78. The minimum Gasteiger partial charge on any atom is -0.482 e. The molecule has 5 aliphatic rings. The topological polar surface area (TPSA) is 106 Å². The molecule has 9 rings (SSSR count). The number of hydrogen-bond donors (Lipinski definition) is 0. The Bertz CT molecular complexity index is 1860. The summed E-state index contributed by atoms with van der Waals surface area (Å²) in [4.78, 5) is 23.1. The number of nitriles is 1. The van der Waals surface area contributed by atoms with E-state index < -0.39 is 11.6 Å². The predicted molar refractivity (Wildman–Crippen MR) is 151 cm³/mol. The summed E-state index contributed by atoms with van der Waals surface area (Å²) in [6.07, 6.45) is 6.94. The number of hydrogen-bond acceptors (Lipinski definition) is 7. The molecule has 11 heteroatoms. The molecule has 0 radical (unpaired) electrons. The molecule has 3 saturated carbocycles. The largest absolute Gasteiger partial charge is 0.482 e. The second-order valence-electron chi connectivity index (χ2n) is 12.9. The van der Waals surface area contributed by atoms with Crippen LogP contribution in [0.15, 0.2) is 36.7 Å². The number of benzene rings is 1. The van der Waals surface area contributed by atoms with Crippen LogP contribution in [0.3, 0.4) is 0 Å². The van der Waals surface area contributed by atoms with Gasteiger partial charge in [0, 0.05) is 29.5 Å². The van der Waals surface area contributed by atoms with Crippen LogP contribution in [-0.2, 0) is 29.0 Å². The average Bonchev–Trinajstić information content (AvgIpc) is 3.32. The summed E-state index contributed by atoms with van der Waals surface area (Å²) in [5, 5.41) is 16.0. The SMILES string of the molecule is CC12CC(Cn3ncc4c(-c5ccc6c(c5)OCC(=O)N6Cc5ncc(F)cc5F)c(C#N)c(CC5COC5)nc43)(C1)C2. The lowest BCUT2D eigenvalue weighted by molar-refractivity contribution is -0.199. The molecule has 4 fully saturated rings. The van der Waals surface area contributed by atoms with Gasteiger partial charge < -0.3 is 9.47 Å². The van der Waals surface area contributed by atoms with Crippen molar-refractivity contribution in [3.05, 3.63) is 65.2 Å². The normalized spacial score (nSPS) is 24.0. The molecule has 218 valence electrons. The summed E-state index contributed by atoms with van der Waals surface area (Å²) in [5.74, 6) is -1.28. The first-order valence-electron chi connectivity index (χ1n) is 14.5. The summed E-state index contributed by atoms with van der Waals surface area (Å²) < 4.78 is 41.1. The highest BCUT2D eigenvalue weighted by Gasteiger charge is 2.64. The number of fused-ring (bicyclic) bond motifs is 2. The summed E-state index contributed by atoms with van der Waals surface area (Å²) in [5.41, 5.74) is 4.55. The highest BCUT2D eigenvalue weighted by Crippen LogP contribution is 2.73. The van der Waals surface area contributed by atoms with Gasteiger partial charge in [-0.3, -0.25) is 14.7 Å². The van der Waals surface area contributed by atoms with E-state index in [0.717, 1.165) is 46.7 Å². The van der Waals surface area contributed by atoms with E-state index in [1.165, 1.54) is 24.2 Å². The van der Waals surface area contributed by atoms with Gasteiger partial charge in [-0.1, -0.05) is 13.0 Å². The third-order valence-corrected chi connectivity index (χ3v) is 9.44. The van der Waals surface area contributed by atoms with Crippen molar-refractivity contribution in [2.75, 3.05) is 24.7 Å². The Morgan fingerprint density at radius 3 is 2.65 bits per heavy atom. The van der Waals surface area contributed by atoms with Gasteiger partial charge in [0.2, 0.25) is 0 Å². The Morgan fingerprint density at radius 1 is 1.14 bits per heavy atom. The minimum atomic E-state index is -0.829. The molecule has 3 aliphatic carbocycles. The lowest BCUT2D eigenvalue weighted by Gasteiger charge is -2.69. The zero-order valence-corrected chi connectivity index (χ0v) is 23.6. The van der Waals surface area contributed by atoms with Gasteiger partial charge in [-0.15, -0.1) is 0 Å². The Labute approximate surface area is 246 Å². The van der Waals surface area contributed by atoms with E-state index in [2.05, 4.69) is 18.0 Å². The zero-order chi connectivity index (χ0) is 29.5. The van der Waals surface area contributed by atoms with E-state index in [4.69, 9.17) is 19.6 Å². The number of anilines is 1. The molecule has 2 aliphatic heterocycles. The van der Waals surface area contributed by atoms with Gasteiger partial charge in [0.25, 0.3) is 5.91 Å². The van der Waals surface area contributed by atoms with Crippen LogP contribution in [0, 0.1) is 39.7 Å². The Morgan fingerprint density at radius 2 is 1.95 bits per heavy atom. The van der Waals surface area contributed by atoms with E-state index in [0.29, 0.717) is 48.0 Å². The Balaban J connectivity index is 1.21. The fraction of sp³-hybridized carbons (Fsp3) is 0.406. The van der Waals surface area contributed by atoms with Crippen molar-refractivity contribution in [3.63, 3.8) is 0 Å². The number of rotatable bonds is 7. The van der Waals surface area contributed by atoms with Crippen molar-refractivity contribution < 1.29 is 23.0 Å². The molecule has 5 heterocycles. The van der Waals surface area contributed by atoms with Gasteiger partial charge >= 0.3 is 0 Å². The lowest BCUT2D eigenvalue weighted by atomic mass is 9.36. The van der Waals surface area contributed by atoms with Gasteiger partial charge in [-0.05, 0) is 54.2 Å². The Hall–Kier alpha value is -4.43. The highest BCUT2D eigenvalue weighted by atomic mass is 19.1. The van der Waals surface area contributed by atoms with Gasteiger partial charge in [-0.25, -0.2) is 18.4 Å². The fourth-order valence-corrected chi connectivity index (χ4v) is 7.78. The van der Waals surface area contributed by atoms with Crippen LogP contribution in [0.4, 0.5) is 14.5 Å².